The molecule has 0 atom stereocenters. The molecule has 2 heterocycles. The molecule has 0 fully saturated rings. The topological polar surface area (TPSA) is 80.0 Å². The number of aromatic nitrogens is 3. The van der Waals surface area contributed by atoms with E-state index in [-0.39, 0.29) is 5.92 Å². The minimum Gasteiger partial charge on any atom is -0.382 e. The molecule has 2 aromatic heterocycles. The Balaban J connectivity index is 2.86. The third-order valence-corrected chi connectivity index (χ3v) is 2.26. The Labute approximate surface area is 87.1 Å². The molecule has 2 aromatic rings. The number of hydrogen-bond acceptors (Lipinski definition) is 4. The Morgan fingerprint density at radius 1 is 1.53 bits per heavy atom. The van der Waals surface area contributed by atoms with Crippen molar-refractivity contribution in [2.24, 2.45) is 0 Å². The van der Waals surface area contributed by atoms with Gasteiger partial charge < -0.3 is 5.73 Å². The summed E-state index contributed by atoms with van der Waals surface area (Å²) in [5.74, 6) is 0.526. The van der Waals surface area contributed by atoms with Gasteiger partial charge in [0.2, 0.25) is 0 Å². The molecule has 0 aliphatic rings. The number of nitrogen functional groups attached to an aromatic ring is 1. The predicted octanol–water partition coefficient (Wildman–Crippen LogP) is 1.31. The van der Waals surface area contributed by atoms with E-state index in [1.165, 1.54) is 4.52 Å². The molecule has 0 radical (unpaired) electrons. The predicted molar refractivity (Wildman–Crippen MR) is 56.2 cm³/mol. The summed E-state index contributed by atoms with van der Waals surface area (Å²) in [6.07, 6.45) is 1.62. The Morgan fingerprint density at radius 2 is 2.27 bits per heavy atom. The third kappa shape index (κ3) is 1.31. The lowest BCUT2D eigenvalue weighted by Gasteiger charge is -2.09. The molecule has 0 spiro atoms. The van der Waals surface area contributed by atoms with Gasteiger partial charge in [0, 0.05) is 6.07 Å². The maximum Gasteiger partial charge on any atom is 0.157 e. The molecule has 76 valence electrons. The van der Waals surface area contributed by atoms with Gasteiger partial charge in [0.05, 0.1) is 11.9 Å². The van der Waals surface area contributed by atoms with Crippen LogP contribution in [0.4, 0.5) is 5.82 Å². The molecule has 15 heavy (non-hydrogen) atoms. The van der Waals surface area contributed by atoms with Gasteiger partial charge in [0.1, 0.15) is 17.5 Å². The van der Waals surface area contributed by atoms with Gasteiger partial charge in [-0.25, -0.2) is 4.98 Å². The van der Waals surface area contributed by atoms with Crippen molar-refractivity contribution < 1.29 is 0 Å². The van der Waals surface area contributed by atoms with Gasteiger partial charge in [-0.05, 0) is 5.92 Å². The Morgan fingerprint density at radius 3 is 2.87 bits per heavy atom. The fourth-order valence-corrected chi connectivity index (χ4v) is 1.52. The van der Waals surface area contributed by atoms with E-state index in [1.54, 1.807) is 12.3 Å². The lowest BCUT2D eigenvalue weighted by molar-refractivity contribution is 0.806. The number of nitrogens with two attached hydrogens (primary N) is 1. The second kappa shape index (κ2) is 3.24. The first-order chi connectivity index (χ1) is 7.15. The van der Waals surface area contributed by atoms with E-state index in [1.807, 2.05) is 13.8 Å². The summed E-state index contributed by atoms with van der Waals surface area (Å²) in [6, 6.07) is 3.85. The summed E-state index contributed by atoms with van der Waals surface area (Å²) < 4.78 is 1.48. The monoisotopic (exact) mass is 201 g/mol. The van der Waals surface area contributed by atoms with Crippen LogP contribution in [-0.2, 0) is 0 Å². The summed E-state index contributed by atoms with van der Waals surface area (Å²) in [5, 5.41) is 13.0. The van der Waals surface area contributed by atoms with Crippen LogP contribution in [0, 0.1) is 11.3 Å². The van der Waals surface area contributed by atoms with E-state index >= 15 is 0 Å². The summed E-state index contributed by atoms with van der Waals surface area (Å²) in [5.41, 5.74) is 7.67. The van der Waals surface area contributed by atoms with E-state index in [0.717, 1.165) is 5.69 Å². The average molecular weight is 201 g/mol. The smallest absolute Gasteiger partial charge is 0.157 e. The molecule has 2 N–H and O–H groups in total. The Kier molecular flexibility index (Phi) is 2.05. The van der Waals surface area contributed by atoms with Crippen LogP contribution in [0.2, 0.25) is 0 Å². The molecule has 0 saturated heterocycles. The van der Waals surface area contributed by atoms with Crippen molar-refractivity contribution in [3.8, 4) is 6.07 Å². The zero-order valence-electron chi connectivity index (χ0n) is 8.60. The lowest BCUT2D eigenvalue weighted by Crippen LogP contribution is -2.08. The minimum atomic E-state index is 0.168. The molecule has 0 aliphatic carbocycles. The Hall–Kier alpha value is -2.09. The van der Waals surface area contributed by atoms with Gasteiger partial charge in [0.25, 0.3) is 0 Å². The van der Waals surface area contributed by atoms with E-state index in [4.69, 9.17) is 11.0 Å². The highest BCUT2D eigenvalue weighted by Crippen LogP contribution is 2.22. The van der Waals surface area contributed by atoms with Crippen molar-refractivity contribution in [2.75, 3.05) is 5.73 Å². The SMILES string of the molecule is CC(C)c1nc2ccnn2c(N)c1C#N. The van der Waals surface area contributed by atoms with Crippen molar-refractivity contribution >= 4 is 11.5 Å². The van der Waals surface area contributed by atoms with Crippen LogP contribution in [0.1, 0.15) is 31.0 Å². The van der Waals surface area contributed by atoms with Gasteiger partial charge in [-0.2, -0.15) is 14.9 Å². The number of hydrogen-bond donors (Lipinski definition) is 1. The molecule has 0 amide bonds. The first-order valence-corrected chi connectivity index (χ1v) is 4.68. The van der Waals surface area contributed by atoms with Crippen LogP contribution in [0.3, 0.4) is 0 Å². The fraction of sp³-hybridized carbons (Fsp3) is 0.300. The molecule has 5 nitrogen and oxygen atoms in total. The van der Waals surface area contributed by atoms with E-state index in [9.17, 15) is 0 Å². The number of nitriles is 1. The maximum atomic E-state index is 9.03. The first-order valence-electron chi connectivity index (χ1n) is 4.68. The van der Waals surface area contributed by atoms with Gasteiger partial charge >= 0.3 is 0 Å². The van der Waals surface area contributed by atoms with Crippen molar-refractivity contribution in [1.29, 1.82) is 5.26 Å². The number of fused-ring (bicyclic) bond motifs is 1. The van der Waals surface area contributed by atoms with Crippen LogP contribution >= 0.6 is 0 Å². The first kappa shape index (κ1) is 9.46. The van der Waals surface area contributed by atoms with Crippen molar-refractivity contribution in [1.82, 2.24) is 14.6 Å². The largest absolute Gasteiger partial charge is 0.382 e. The highest BCUT2D eigenvalue weighted by atomic mass is 15.3. The zero-order chi connectivity index (χ0) is 11.0. The van der Waals surface area contributed by atoms with E-state index in [2.05, 4.69) is 16.2 Å². The normalized spacial score (nSPS) is 10.8. The van der Waals surface area contributed by atoms with E-state index in [0.29, 0.717) is 17.0 Å². The molecule has 0 unspecified atom stereocenters. The number of anilines is 1. The maximum absolute atomic E-state index is 9.03. The highest BCUT2D eigenvalue weighted by molar-refractivity contribution is 5.58. The summed E-state index contributed by atoms with van der Waals surface area (Å²) in [6.45, 7) is 3.96. The van der Waals surface area contributed by atoms with Crippen LogP contribution in [-0.4, -0.2) is 14.6 Å². The molecule has 0 aromatic carbocycles. The van der Waals surface area contributed by atoms with Gasteiger partial charge in [-0.15, -0.1) is 0 Å². The van der Waals surface area contributed by atoms with Crippen molar-refractivity contribution in [2.45, 2.75) is 19.8 Å². The quantitative estimate of drug-likeness (QED) is 0.754. The van der Waals surface area contributed by atoms with E-state index < -0.39 is 0 Å². The minimum absolute atomic E-state index is 0.168. The molecule has 0 saturated carbocycles. The standard InChI is InChI=1S/C10H11N5/c1-6(2)9-7(5-11)10(12)15-8(14-9)3-4-13-15/h3-4,6H,12H2,1-2H3. The summed E-state index contributed by atoms with van der Waals surface area (Å²) in [7, 11) is 0. The van der Waals surface area contributed by atoms with Gasteiger partial charge in [-0.3, -0.25) is 0 Å². The van der Waals surface area contributed by atoms with Gasteiger partial charge in [0.15, 0.2) is 5.65 Å². The lowest BCUT2D eigenvalue weighted by atomic mass is 10.1. The summed E-state index contributed by atoms with van der Waals surface area (Å²) in [4.78, 5) is 4.36. The van der Waals surface area contributed by atoms with Crippen molar-refractivity contribution in [3.05, 3.63) is 23.5 Å². The van der Waals surface area contributed by atoms with Crippen LogP contribution in [0.25, 0.3) is 5.65 Å². The van der Waals surface area contributed by atoms with Crippen LogP contribution < -0.4 is 5.73 Å². The highest BCUT2D eigenvalue weighted by Gasteiger charge is 2.15. The zero-order valence-corrected chi connectivity index (χ0v) is 8.60. The second-order valence-corrected chi connectivity index (χ2v) is 3.62. The molecular weight excluding hydrogens is 190 g/mol. The van der Waals surface area contributed by atoms with Crippen molar-refractivity contribution in [3.63, 3.8) is 0 Å². The number of rotatable bonds is 1. The fourth-order valence-electron chi connectivity index (χ4n) is 1.52. The van der Waals surface area contributed by atoms with Crippen LogP contribution in [0.5, 0.6) is 0 Å². The van der Waals surface area contributed by atoms with Crippen LogP contribution in [0.15, 0.2) is 12.3 Å². The third-order valence-electron chi connectivity index (χ3n) is 2.26. The molecular formula is C10H11N5. The molecule has 2 rings (SSSR count). The molecule has 0 bridgehead atoms. The molecule has 0 aliphatic heterocycles. The summed E-state index contributed by atoms with van der Waals surface area (Å²) >= 11 is 0. The number of nitrogens with zero attached hydrogens (tertiary/aromatic N) is 4. The second-order valence-electron chi connectivity index (χ2n) is 3.62. The molecule has 5 heteroatoms. The Bertz CT molecular complexity index is 547. The van der Waals surface area contributed by atoms with Gasteiger partial charge in [-0.1, -0.05) is 13.8 Å². The average Bonchev–Trinajstić information content (AvgIpc) is 2.65.